The third-order valence-electron chi connectivity index (χ3n) is 3.92. The van der Waals surface area contributed by atoms with E-state index in [9.17, 15) is 14.0 Å². The smallest absolute Gasteiger partial charge is 0.358 e. The first-order valence-electron chi connectivity index (χ1n) is 7.56. The van der Waals surface area contributed by atoms with E-state index in [0.717, 1.165) is 0 Å². The molecule has 8 heteroatoms. The topological polar surface area (TPSA) is 69.9 Å². The first kappa shape index (κ1) is 18.1. The molecule has 0 N–H and O–H groups in total. The van der Waals surface area contributed by atoms with Gasteiger partial charge in [-0.2, -0.15) is 0 Å². The maximum atomic E-state index is 13.9. The van der Waals surface area contributed by atoms with Crippen LogP contribution in [-0.4, -0.2) is 35.5 Å². The van der Waals surface area contributed by atoms with Crippen LogP contribution in [0.3, 0.4) is 0 Å². The summed E-state index contributed by atoms with van der Waals surface area (Å²) in [6.45, 7) is 0. The minimum Gasteiger partial charge on any atom is -0.468 e. The molecule has 1 unspecified atom stereocenters. The fourth-order valence-electron chi connectivity index (χ4n) is 2.75. The van der Waals surface area contributed by atoms with Crippen LogP contribution in [-0.2, 0) is 14.3 Å². The minimum absolute atomic E-state index is 0.0794. The normalized spacial score (nSPS) is 12.0. The van der Waals surface area contributed by atoms with Gasteiger partial charge in [-0.25, -0.2) is 14.2 Å². The molecule has 0 aliphatic rings. The number of nitrogens with zero attached hydrogens (tertiary/aromatic N) is 2. The van der Waals surface area contributed by atoms with Crippen molar-refractivity contribution in [2.45, 2.75) is 5.92 Å². The predicted octanol–water partition coefficient (Wildman–Crippen LogP) is 3.33. The summed E-state index contributed by atoms with van der Waals surface area (Å²) in [7, 11) is 2.47. The molecular formula is C18H14BrFN2O4. The Morgan fingerprint density at radius 3 is 2.50 bits per heavy atom. The molecule has 1 aromatic carbocycles. The van der Waals surface area contributed by atoms with Gasteiger partial charge in [0.25, 0.3) is 0 Å². The highest BCUT2D eigenvalue weighted by atomic mass is 79.9. The van der Waals surface area contributed by atoms with Gasteiger partial charge < -0.3 is 13.9 Å². The van der Waals surface area contributed by atoms with Gasteiger partial charge in [0.05, 0.1) is 24.4 Å². The molecular weight excluding hydrogens is 407 g/mol. The number of benzene rings is 1. The molecule has 6 nitrogen and oxygen atoms in total. The van der Waals surface area contributed by atoms with Crippen molar-refractivity contribution in [1.29, 1.82) is 0 Å². The molecule has 1 atom stereocenters. The number of methoxy groups -OCH3 is 2. The summed E-state index contributed by atoms with van der Waals surface area (Å²) in [5.74, 6) is -2.80. The van der Waals surface area contributed by atoms with E-state index < -0.39 is 23.7 Å². The summed E-state index contributed by atoms with van der Waals surface area (Å²) in [5, 5.41) is 0. The molecule has 0 fully saturated rings. The molecule has 134 valence electrons. The van der Waals surface area contributed by atoms with Gasteiger partial charge in [-0.3, -0.25) is 4.79 Å². The van der Waals surface area contributed by atoms with Crippen LogP contribution in [0.15, 0.2) is 47.1 Å². The van der Waals surface area contributed by atoms with Crippen molar-refractivity contribution in [3.8, 4) is 0 Å². The molecule has 0 saturated carbocycles. The van der Waals surface area contributed by atoms with Crippen molar-refractivity contribution in [1.82, 2.24) is 9.38 Å². The highest BCUT2D eigenvalue weighted by Gasteiger charge is 2.33. The molecule has 0 saturated heterocycles. The average Bonchev–Trinajstić information content (AvgIpc) is 3.00. The van der Waals surface area contributed by atoms with E-state index in [1.54, 1.807) is 30.3 Å². The SMILES string of the molecule is COC(=O)c1nc2cc(F)c(Br)cn2c1C(C(=O)OC)c1ccccc1. The first-order valence-corrected chi connectivity index (χ1v) is 8.35. The standard InChI is InChI=1S/C18H14BrFN2O4/c1-25-17(23)14(10-6-4-3-5-7-10)16-15(18(24)26-2)21-13-8-12(20)11(19)9-22(13)16/h3-9,14H,1-2H3. The van der Waals surface area contributed by atoms with Gasteiger partial charge in [0.15, 0.2) is 5.69 Å². The quantitative estimate of drug-likeness (QED) is 0.605. The fourth-order valence-corrected chi connectivity index (χ4v) is 3.07. The largest absolute Gasteiger partial charge is 0.468 e. The Morgan fingerprint density at radius 2 is 1.88 bits per heavy atom. The first-order chi connectivity index (χ1) is 12.5. The van der Waals surface area contributed by atoms with Crippen molar-refractivity contribution in [3.63, 3.8) is 0 Å². The second kappa shape index (κ2) is 7.25. The number of hydrogen-bond donors (Lipinski definition) is 0. The number of pyridine rings is 1. The van der Waals surface area contributed by atoms with Crippen LogP contribution in [0.4, 0.5) is 4.39 Å². The zero-order valence-electron chi connectivity index (χ0n) is 13.9. The van der Waals surface area contributed by atoms with Gasteiger partial charge in [-0.1, -0.05) is 30.3 Å². The van der Waals surface area contributed by atoms with Gasteiger partial charge >= 0.3 is 11.9 Å². The van der Waals surface area contributed by atoms with Crippen LogP contribution in [0, 0.1) is 5.82 Å². The number of aromatic nitrogens is 2. The number of ether oxygens (including phenoxy) is 2. The lowest BCUT2D eigenvalue weighted by Crippen LogP contribution is -2.20. The molecule has 0 spiro atoms. The number of carbonyl (C=O) groups excluding carboxylic acids is 2. The van der Waals surface area contributed by atoms with Gasteiger partial charge in [-0.05, 0) is 21.5 Å². The number of rotatable bonds is 4. The summed E-state index contributed by atoms with van der Waals surface area (Å²) >= 11 is 3.12. The molecule has 0 amide bonds. The van der Waals surface area contributed by atoms with Crippen molar-refractivity contribution in [2.24, 2.45) is 0 Å². The van der Waals surface area contributed by atoms with Crippen LogP contribution in [0.2, 0.25) is 0 Å². The summed E-state index contributed by atoms with van der Waals surface area (Å²) in [6.07, 6.45) is 1.42. The maximum absolute atomic E-state index is 13.9. The lowest BCUT2D eigenvalue weighted by atomic mass is 9.94. The van der Waals surface area contributed by atoms with E-state index in [0.29, 0.717) is 5.56 Å². The number of fused-ring (bicyclic) bond motifs is 1. The summed E-state index contributed by atoms with van der Waals surface area (Å²) < 4.78 is 25.3. The van der Waals surface area contributed by atoms with E-state index in [-0.39, 0.29) is 21.5 Å². The minimum atomic E-state index is -0.942. The number of carbonyl (C=O) groups is 2. The Morgan fingerprint density at radius 1 is 1.19 bits per heavy atom. The summed E-state index contributed by atoms with van der Waals surface area (Å²) in [5.41, 5.74) is 0.938. The van der Waals surface area contributed by atoms with Crippen molar-refractivity contribution < 1.29 is 23.5 Å². The van der Waals surface area contributed by atoms with E-state index in [1.165, 1.54) is 30.9 Å². The molecule has 0 aliphatic carbocycles. The van der Waals surface area contributed by atoms with Crippen LogP contribution < -0.4 is 0 Å². The van der Waals surface area contributed by atoms with Crippen LogP contribution >= 0.6 is 15.9 Å². The fraction of sp³-hybridized carbons (Fsp3) is 0.167. The third kappa shape index (κ3) is 3.08. The Hall–Kier alpha value is -2.74. The second-order valence-electron chi connectivity index (χ2n) is 5.40. The Kier molecular flexibility index (Phi) is 5.03. The maximum Gasteiger partial charge on any atom is 0.358 e. The molecule has 3 aromatic rings. The molecule has 0 aliphatic heterocycles. The summed E-state index contributed by atoms with van der Waals surface area (Å²) in [4.78, 5) is 29.0. The molecule has 3 rings (SSSR count). The van der Waals surface area contributed by atoms with Crippen LogP contribution in [0.1, 0.15) is 27.7 Å². The van der Waals surface area contributed by atoms with Gasteiger partial charge in [0, 0.05) is 12.3 Å². The lowest BCUT2D eigenvalue weighted by molar-refractivity contribution is -0.141. The molecule has 0 bridgehead atoms. The number of esters is 2. The number of hydrogen-bond acceptors (Lipinski definition) is 5. The zero-order valence-corrected chi connectivity index (χ0v) is 15.5. The van der Waals surface area contributed by atoms with Crippen molar-refractivity contribution >= 4 is 33.5 Å². The predicted molar refractivity (Wildman–Crippen MR) is 94.5 cm³/mol. The monoisotopic (exact) mass is 420 g/mol. The Labute approximate surface area is 156 Å². The van der Waals surface area contributed by atoms with E-state index in [2.05, 4.69) is 20.9 Å². The summed E-state index contributed by atoms with van der Waals surface area (Å²) in [6, 6.07) is 9.98. The van der Waals surface area contributed by atoms with Crippen LogP contribution in [0.5, 0.6) is 0 Å². The van der Waals surface area contributed by atoms with E-state index >= 15 is 0 Å². The van der Waals surface area contributed by atoms with Gasteiger partial charge in [0.2, 0.25) is 0 Å². The Balaban J connectivity index is 2.36. The molecule has 0 radical (unpaired) electrons. The van der Waals surface area contributed by atoms with Gasteiger partial charge in [-0.15, -0.1) is 0 Å². The second-order valence-corrected chi connectivity index (χ2v) is 6.26. The van der Waals surface area contributed by atoms with Crippen LogP contribution in [0.25, 0.3) is 5.65 Å². The van der Waals surface area contributed by atoms with Crippen molar-refractivity contribution in [3.05, 3.63) is 69.8 Å². The number of halogens is 2. The average molecular weight is 421 g/mol. The lowest BCUT2D eigenvalue weighted by Gasteiger charge is -2.16. The van der Waals surface area contributed by atoms with Crippen molar-refractivity contribution in [2.75, 3.05) is 14.2 Å². The van der Waals surface area contributed by atoms with Gasteiger partial charge in [0.1, 0.15) is 17.4 Å². The van der Waals surface area contributed by atoms with E-state index in [1.807, 2.05) is 0 Å². The molecule has 2 heterocycles. The number of imidazole rings is 1. The van der Waals surface area contributed by atoms with E-state index in [4.69, 9.17) is 9.47 Å². The zero-order chi connectivity index (χ0) is 18.8. The highest BCUT2D eigenvalue weighted by Crippen LogP contribution is 2.31. The third-order valence-corrected chi connectivity index (χ3v) is 4.51. The Bertz CT molecular complexity index is 988. The molecule has 2 aromatic heterocycles. The molecule has 26 heavy (non-hydrogen) atoms. The highest BCUT2D eigenvalue weighted by molar-refractivity contribution is 9.10.